The van der Waals surface area contributed by atoms with E-state index in [0.717, 1.165) is 29.8 Å². The lowest BCUT2D eigenvalue weighted by Crippen LogP contribution is -2.54. The van der Waals surface area contributed by atoms with Crippen LogP contribution in [0.4, 0.5) is 8.78 Å². The maximum Gasteiger partial charge on any atom is 0.399 e. The highest BCUT2D eigenvalue weighted by molar-refractivity contribution is 7.52. The minimum Gasteiger partial charge on any atom is -0.368 e. The molecule has 6 N–H and O–H groups in total. The molecule has 0 saturated carbocycles. The van der Waals surface area contributed by atoms with Crippen LogP contribution in [0, 0.1) is 0 Å². The first-order valence-corrected chi connectivity index (χ1v) is 11.4. The van der Waals surface area contributed by atoms with Gasteiger partial charge in [0, 0.05) is 25.3 Å². The van der Waals surface area contributed by atoms with E-state index in [1.165, 1.54) is 6.92 Å². The Bertz CT molecular complexity index is 1040. The second-order valence-electron chi connectivity index (χ2n) is 7.39. The van der Waals surface area contributed by atoms with Gasteiger partial charge in [-0.05, 0) is 11.1 Å². The molecule has 2 aromatic rings. The summed E-state index contributed by atoms with van der Waals surface area (Å²) >= 11 is 0. The lowest BCUT2D eigenvalue weighted by atomic mass is 10.0. The Hall–Kier alpha value is -3.14. The first-order chi connectivity index (χ1) is 15.3. The largest absolute Gasteiger partial charge is 0.399 e. The van der Waals surface area contributed by atoms with Gasteiger partial charge < -0.3 is 26.2 Å². The van der Waals surface area contributed by atoms with E-state index in [2.05, 4.69) is 10.6 Å². The Kier molecular flexibility index (Phi) is 8.43. The van der Waals surface area contributed by atoms with Gasteiger partial charge in [0.2, 0.25) is 17.7 Å². The van der Waals surface area contributed by atoms with E-state index < -0.39 is 48.6 Å². The molecule has 9 nitrogen and oxygen atoms in total. The molecular weight excluding hydrogens is 459 g/mol. The molecule has 2 unspecified atom stereocenters. The molecule has 178 valence electrons. The summed E-state index contributed by atoms with van der Waals surface area (Å²) in [6, 6.07) is 10.6. The van der Waals surface area contributed by atoms with E-state index in [1.54, 1.807) is 30.3 Å². The number of hydrogen-bond acceptors (Lipinski definition) is 4. The predicted octanol–water partition coefficient (Wildman–Crippen LogP) is 1.17. The van der Waals surface area contributed by atoms with Crippen LogP contribution in [-0.2, 0) is 37.5 Å². The Labute approximate surface area is 188 Å². The number of rotatable bonds is 10. The summed E-state index contributed by atoms with van der Waals surface area (Å²) in [6.45, 7) is 1.24. The highest BCUT2D eigenvalue weighted by atomic mass is 31.2. The molecule has 0 fully saturated rings. The number of nitrogens with one attached hydrogen (secondary N) is 2. The molecule has 0 aliphatic rings. The lowest BCUT2D eigenvalue weighted by molar-refractivity contribution is -0.130. The van der Waals surface area contributed by atoms with Gasteiger partial charge in [0.15, 0.2) is 0 Å². The number of carbonyl (C=O) groups excluding carboxylic acids is 3. The van der Waals surface area contributed by atoms with Gasteiger partial charge in [0.05, 0.1) is 0 Å². The van der Waals surface area contributed by atoms with E-state index in [0.29, 0.717) is 5.56 Å². The van der Waals surface area contributed by atoms with Crippen LogP contribution in [0.3, 0.4) is 0 Å². The zero-order valence-electron chi connectivity index (χ0n) is 17.6. The van der Waals surface area contributed by atoms with Crippen molar-refractivity contribution in [1.82, 2.24) is 10.6 Å². The number of primary amides is 1. The number of alkyl halides is 2. The van der Waals surface area contributed by atoms with Crippen LogP contribution in [0.1, 0.15) is 23.6 Å². The molecule has 33 heavy (non-hydrogen) atoms. The average Bonchev–Trinajstić information content (AvgIpc) is 2.72. The minimum atomic E-state index is -5.72. The molecule has 0 aromatic heterocycles. The van der Waals surface area contributed by atoms with Gasteiger partial charge in [0.25, 0.3) is 0 Å². The highest BCUT2D eigenvalue weighted by Crippen LogP contribution is 2.59. The van der Waals surface area contributed by atoms with E-state index in [4.69, 9.17) is 15.5 Å². The molecule has 0 bridgehead atoms. The molecule has 0 spiro atoms. The standard InChI is InChI=1S/C21H24F2N3O6P/c1-13(27)25-18(12-14-5-3-2-4-6-14)20(29)26-17(19(24)28)11-15-7-9-16(10-8-15)21(22,23)33(30,31)32/h2-10,17-18H,11-12H2,1H3,(H2,24,28)(H,25,27)(H,26,29)(H2,30,31,32). The first kappa shape index (κ1) is 26.1. The quantitative estimate of drug-likeness (QED) is 0.319. The fourth-order valence-corrected chi connectivity index (χ4v) is 3.53. The summed E-state index contributed by atoms with van der Waals surface area (Å²) in [4.78, 5) is 53.9. The molecule has 0 saturated heterocycles. The maximum absolute atomic E-state index is 13.8. The first-order valence-electron chi connectivity index (χ1n) is 9.75. The summed E-state index contributed by atoms with van der Waals surface area (Å²) in [5.74, 6) is -2.01. The van der Waals surface area contributed by atoms with Gasteiger partial charge in [-0.15, -0.1) is 0 Å². The number of halogens is 2. The zero-order valence-corrected chi connectivity index (χ0v) is 18.5. The second-order valence-corrected chi connectivity index (χ2v) is 9.04. The van der Waals surface area contributed by atoms with E-state index in [-0.39, 0.29) is 12.8 Å². The summed E-state index contributed by atoms with van der Waals surface area (Å²) in [7, 11) is -5.72. The van der Waals surface area contributed by atoms with Crippen LogP contribution in [0.2, 0.25) is 0 Å². The Morgan fingerprint density at radius 3 is 1.94 bits per heavy atom. The van der Waals surface area contributed by atoms with Crippen LogP contribution in [-0.4, -0.2) is 39.6 Å². The van der Waals surface area contributed by atoms with Crippen molar-refractivity contribution in [1.29, 1.82) is 0 Å². The number of benzene rings is 2. The molecule has 0 radical (unpaired) electrons. The van der Waals surface area contributed by atoms with Crippen molar-refractivity contribution in [3.05, 3.63) is 71.3 Å². The van der Waals surface area contributed by atoms with Crippen LogP contribution in [0.5, 0.6) is 0 Å². The molecule has 2 atom stereocenters. The molecule has 0 aliphatic carbocycles. The molecule has 2 aromatic carbocycles. The Balaban J connectivity index is 2.15. The number of nitrogens with two attached hydrogens (primary N) is 1. The smallest absolute Gasteiger partial charge is 0.368 e. The SMILES string of the molecule is CC(=O)NC(Cc1ccccc1)C(=O)NC(Cc1ccc(C(F)(F)P(=O)(O)O)cc1)C(N)=O. The molecular formula is C21H24F2N3O6P. The van der Waals surface area contributed by atoms with E-state index in [9.17, 15) is 27.7 Å². The Morgan fingerprint density at radius 1 is 0.939 bits per heavy atom. The van der Waals surface area contributed by atoms with Crippen molar-refractivity contribution in [3.63, 3.8) is 0 Å². The van der Waals surface area contributed by atoms with Gasteiger partial charge in [-0.25, -0.2) is 0 Å². The van der Waals surface area contributed by atoms with Gasteiger partial charge in [-0.1, -0.05) is 54.6 Å². The molecule has 12 heteroatoms. The maximum atomic E-state index is 13.8. The number of carbonyl (C=O) groups is 3. The molecule has 2 rings (SSSR count). The third-order valence-corrected chi connectivity index (χ3v) is 5.73. The van der Waals surface area contributed by atoms with Gasteiger partial charge in [-0.3, -0.25) is 18.9 Å². The second kappa shape index (κ2) is 10.7. The van der Waals surface area contributed by atoms with Gasteiger partial charge in [0.1, 0.15) is 12.1 Å². The topological polar surface area (TPSA) is 159 Å². The summed E-state index contributed by atoms with van der Waals surface area (Å²) in [5, 5.41) is 4.97. The number of hydrogen-bond donors (Lipinski definition) is 5. The normalized spacial score (nSPS) is 13.6. The van der Waals surface area contributed by atoms with Crippen molar-refractivity contribution in [2.45, 2.75) is 37.5 Å². The van der Waals surface area contributed by atoms with Crippen LogP contribution in [0.25, 0.3) is 0 Å². The molecule has 0 heterocycles. The summed E-state index contributed by atoms with van der Waals surface area (Å²) < 4.78 is 38.6. The van der Waals surface area contributed by atoms with Gasteiger partial charge in [-0.2, -0.15) is 8.78 Å². The zero-order chi connectivity index (χ0) is 24.8. The molecule has 0 aliphatic heterocycles. The van der Waals surface area contributed by atoms with Gasteiger partial charge >= 0.3 is 13.3 Å². The Morgan fingerprint density at radius 2 is 1.45 bits per heavy atom. The van der Waals surface area contributed by atoms with Crippen LogP contribution < -0.4 is 16.4 Å². The highest BCUT2D eigenvalue weighted by Gasteiger charge is 2.50. The summed E-state index contributed by atoms with van der Waals surface area (Å²) in [6.07, 6.45) is -0.00907. The van der Waals surface area contributed by atoms with Crippen molar-refractivity contribution >= 4 is 25.3 Å². The fraction of sp³-hybridized carbons (Fsp3) is 0.286. The summed E-state index contributed by atoms with van der Waals surface area (Å²) in [5.41, 5.74) is 1.19. The minimum absolute atomic E-state index is 0.157. The lowest BCUT2D eigenvalue weighted by Gasteiger charge is -2.22. The van der Waals surface area contributed by atoms with Crippen molar-refractivity contribution in [2.24, 2.45) is 5.73 Å². The van der Waals surface area contributed by atoms with Crippen molar-refractivity contribution in [3.8, 4) is 0 Å². The van der Waals surface area contributed by atoms with E-state index in [1.807, 2.05) is 0 Å². The van der Waals surface area contributed by atoms with E-state index >= 15 is 0 Å². The predicted molar refractivity (Wildman–Crippen MR) is 115 cm³/mol. The molecule has 3 amide bonds. The average molecular weight is 483 g/mol. The van der Waals surface area contributed by atoms with Crippen LogP contribution >= 0.6 is 7.60 Å². The fourth-order valence-electron chi connectivity index (χ4n) is 3.04. The number of amides is 3. The van der Waals surface area contributed by atoms with Crippen molar-refractivity contribution in [2.75, 3.05) is 0 Å². The van der Waals surface area contributed by atoms with Crippen molar-refractivity contribution < 1.29 is 37.5 Å². The third kappa shape index (κ3) is 7.18. The van der Waals surface area contributed by atoms with Crippen LogP contribution in [0.15, 0.2) is 54.6 Å². The monoisotopic (exact) mass is 483 g/mol. The third-order valence-electron chi connectivity index (χ3n) is 4.74.